The molecular weight excluding hydrogens is 224 g/mol. The molecule has 0 aliphatic heterocycles. The zero-order valence-electron chi connectivity index (χ0n) is 11.3. The van der Waals surface area contributed by atoms with E-state index in [2.05, 4.69) is 18.8 Å². The summed E-state index contributed by atoms with van der Waals surface area (Å²) in [5.74, 6) is 5.54. The maximum atomic E-state index is 11.1. The van der Waals surface area contributed by atoms with Gasteiger partial charge < -0.3 is 5.11 Å². The SMILES string of the molecule is CCCCC#Cc1ccc(C(=O)O)c(C(C)C)c1. The standard InChI is InChI=1S/C16H20O2/c1-4-5-6-7-8-13-9-10-14(16(17)18)15(11-13)12(2)3/h9-12H,4-6H2,1-3H3,(H,17,18). The molecule has 0 aromatic heterocycles. The molecule has 1 aromatic carbocycles. The second-order valence-corrected chi connectivity index (χ2v) is 4.67. The van der Waals surface area contributed by atoms with Gasteiger partial charge in [0.1, 0.15) is 0 Å². The average molecular weight is 244 g/mol. The van der Waals surface area contributed by atoms with Gasteiger partial charge >= 0.3 is 5.97 Å². The van der Waals surface area contributed by atoms with Crippen LogP contribution in [0.5, 0.6) is 0 Å². The topological polar surface area (TPSA) is 37.3 Å². The highest BCUT2D eigenvalue weighted by Crippen LogP contribution is 2.21. The molecule has 96 valence electrons. The summed E-state index contributed by atoms with van der Waals surface area (Å²) in [6, 6.07) is 5.34. The van der Waals surface area contributed by atoms with Gasteiger partial charge in [0.05, 0.1) is 5.56 Å². The van der Waals surface area contributed by atoms with E-state index in [-0.39, 0.29) is 5.92 Å². The van der Waals surface area contributed by atoms with Gasteiger partial charge in [-0.05, 0) is 36.1 Å². The van der Waals surface area contributed by atoms with Crippen LogP contribution in [0.2, 0.25) is 0 Å². The third kappa shape index (κ3) is 3.92. The lowest BCUT2D eigenvalue weighted by Gasteiger charge is -2.09. The number of rotatable bonds is 4. The van der Waals surface area contributed by atoms with Crippen molar-refractivity contribution >= 4 is 5.97 Å². The summed E-state index contributed by atoms with van der Waals surface area (Å²) in [5, 5.41) is 9.12. The highest BCUT2D eigenvalue weighted by Gasteiger charge is 2.12. The number of benzene rings is 1. The van der Waals surface area contributed by atoms with Crippen molar-refractivity contribution in [3.8, 4) is 11.8 Å². The van der Waals surface area contributed by atoms with Crippen LogP contribution in [0, 0.1) is 11.8 Å². The number of carboxylic acids is 1. The number of carboxylic acid groups (broad SMARTS) is 1. The van der Waals surface area contributed by atoms with Gasteiger partial charge in [0.15, 0.2) is 0 Å². The van der Waals surface area contributed by atoms with Crippen molar-refractivity contribution in [2.75, 3.05) is 0 Å². The molecule has 0 amide bonds. The van der Waals surface area contributed by atoms with Crippen LogP contribution in [0.3, 0.4) is 0 Å². The monoisotopic (exact) mass is 244 g/mol. The van der Waals surface area contributed by atoms with Gasteiger partial charge in [-0.15, -0.1) is 0 Å². The van der Waals surface area contributed by atoms with Crippen molar-refractivity contribution < 1.29 is 9.90 Å². The molecule has 0 atom stereocenters. The first-order valence-electron chi connectivity index (χ1n) is 6.42. The largest absolute Gasteiger partial charge is 0.478 e. The van der Waals surface area contributed by atoms with Gasteiger partial charge in [0, 0.05) is 12.0 Å². The van der Waals surface area contributed by atoms with Crippen LogP contribution < -0.4 is 0 Å². The third-order valence-corrected chi connectivity index (χ3v) is 2.79. The lowest BCUT2D eigenvalue weighted by atomic mass is 9.95. The molecule has 1 aromatic rings. The van der Waals surface area contributed by atoms with E-state index in [0.717, 1.165) is 30.4 Å². The Morgan fingerprint density at radius 1 is 1.39 bits per heavy atom. The molecule has 0 saturated carbocycles. The number of aromatic carboxylic acids is 1. The van der Waals surface area contributed by atoms with Crippen LogP contribution >= 0.6 is 0 Å². The van der Waals surface area contributed by atoms with Gasteiger partial charge in [0.25, 0.3) is 0 Å². The van der Waals surface area contributed by atoms with Gasteiger partial charge in [-0.3, -0.25) is 0 Å². The van der Waals surface area contributed by atoms with Crippen LogP contribution in [0.1, 0.15) is 67.4 Å². The molecule has 0 aliphatic rings. The molecule has 0 fully saturated rings. The highest BCUT2D eigenvalue weighted by molar-refractivity contribution is 5.89. The Morgan fingerprint density at radius 3 is 2.67 bits per heavy atom. The summed E-state index contributed by atoms with van der Waals surface area (Å²) in [4.78, 5) is 11.1. The second-order valence-electron chi connectivity index (χ2n) is 4.67. The van der Waals surface area contributed by atoms with E-state index in [1.165, 1.54) is 0 Å². The number of hydrogen-bond acceptors (Lipinski definition) is 1. The molecule has 2 heteroatoms. The van der Waals surface area contributed by atoms with Crippen molar-refractivity contribution in [1.82, 2.24) is 0 Å². The van der Waals surface area contributed by atoms with E-state index in [1.54, 1.807) is 12.1 Å². The normalized spacial score (nSPS) is 10.0. The predicted molar refractivity (Wildman–Crippen MR) is 73.9 cm³/mol. The Labute approximate surface area is 109 Å². The predicted octanol–water partition coefficient (Wildman–Crippen LogP) is 4.05. The fourth-order valence-electron chi connectivity index (χ4n) is 1.74. The van der Waals surface area contributed by atoms with Gasteiger partial charge in [-0.1, -0.05) is 39.0 Å². The highest BCUT2D eigenvalue weighted by atomic mass is 16.4. The van der Waals surface area contributed by atoms with Crippen LogP contribution in [0.15, 0.2) is 18.2 Å². The van der Waals surface area contributed by atoms with Crippen LogP contribution in [-0.2, 0) is 0 Å². The molecule has 18 heavy (non-hydrogen) atoms. The summed E-state index contributed by atoms with van der Waals surface area (Å²) >= 11 is 0. The first-order chi connectivity index (χ1) is 8.56. The quantitative estimate of drug-likeness (QED) is 0.641. The van der Waals surface area contributed by atoms with Crippen molar-refractivity contribution in [2.24, 2.45) is 0 Å². The van der Waals surface area contributed by atoms with Gasteiger partial charge in [-0.2, -0.15) is 0 Å². The summed E-state index contributed by atoms with van der Waals surface area (Å²) in [6.45, 7) is 6.13. The lowest BCUT2D eigenvalue weighted by Crippen LogP contribution is -2.04. The van der Waals surface area contributed by atoms with E-state index in [9.17, 15) is 4.79 Å². The van der Waals surface area contributed by atoms with Crippen LogP contribution in [-0.4, -0.2) is 11.1 Å². The molecular formula is C16H20O2. The van der Waals surface area contributed by atoms with E-state index in [0.29, 0.717) is 5.56 Å². The van der Waals surface area contributed by atoms with E-state index >= 15 is 0 Å². The van der Waals surface area contributed by atoms with E-state index in [1.807, 2.05) is 19.9 Å². The Kier molecular flexibility index (Phi) is 5.45. The Bertz CT molecular complexity index is 476. The molecule has 1 N–H and O–H groups in total. The summed E-state index contributed by atoms with van der Waals surface area (Å²) in [5.41, 5.74) is 2.13. The van der Waals surface area contributed by atoms with Crippen LogP contribution in [0.4, 0.5) is 0 Å². The number of unbranched alkanes of at least 4 members (excludes halogenated alkanes) is 2. The van der Waals surface area contributed by atoms with Gasteiger partial charge in [-0.25, -0.2) is 4.79 Å². The Hall–Kier alpha value is -1.75. The maximum Gasteiger partial charge on any atom is 0.335 e. The Morgan fingerprint density at radius 2 is 2.11 bits per heavy atom. The molecule has 0 saturated heterocycles. The third-order valence-electron chi connectivity index (χ3n) is 2.79. The first kappa shape index (κ1) is 14.3. The van der Waals surface area contributed by atoms with E-state index < -0.39 is 5.97 Å². The van der Waals surface area contributed by atoms with E-state index in [4.69, 9.17) is 5.11 Å². The minimum atomic E-state index is -0.871. The molecule has 0 spiro atoms. The lowest BCUT2D eigenvalue weighted by molar-refractivity contribution is 0.0695. The molecule has 1 rings (SSSR count). The smallest absolute Gasteiger partial charge is 0.335 e. The van der Waals surface area contributed by atoms with Crippen molar-refractivity contribution in [3.63, 3.8) is 0 Å². The molecule has 0 radical (unpaired) electrons. The summed E-state index contributed by atoms with van der Waals surface area (Å²) in [7, 11) is 0. The minimum absolute atomic E-state index is 0.188. The molecule has 0 bridgehead atoms. The number of carbonyl (C=O) groups is 1. The average Bonchev–Trinajstić information content (AvgIpc) is 2.34. The summed E-state index contributed by atoms with van der Waals surface area (Å²) < 4.78 is 0. The van der Waals surface area contributed by atoms with Crippen LogP contribution in [0.25, 0.3) is 0 Å². The van der Waals surface area contributed by atoms with Gasteiger partial charge in [0.2, 0.25) is 0 Å². The minimum Gasteiger partial charge on any atom is -0.478 e. The van der Waals surface area contributed by atoms with Crippen molar-refractivity contribution in [1.29, 1.82) is 0 Å². The second kappa shape index (κ2) is 6.86. The molecule has 0 heterocycles. The first-order valence-corrected chi connectivity index (χ1v) is 6.42. The maximum absolute atomic E-state index is 11.1. The van der Waals surface area contributed by atoms with Crippen molar-refractivity contribution in [3.05, 3.63) is 34.9 Å². The fraction of sp³-hybridized carbons (Fsp3) is 0.438. The zero-order valence-corrected chi connectivity index (χ0v) is 11.3. The molecule has 0 aliphatic carbocycles. The summed E-state index contributed by atoms with van der Waals surface area (Å²) in [6.07, 6.45) is 3.15. The Balaban J connectivity index is 2.99. The molecule has 0 unspecified atom stereocenters. The number of hydrogen-bond donors (Lipinski definition) is 1. The van der Waals surface area contributed by atoms with Crippen molar-refractivity contribution in [2.45, 2.75) is 46.0 Å². The zero-order chi connectivity index (χ0) is 13.5. The fourth-order valence-corrected chi connectivity index (χ4v) is 1.74. The molecule has 2 nitrogen and oxygen atoms in total.